The van der Waals surface area contributed by atoms with E-state index < -0.39 is 22.0 Å². The number of anilines is 1. The van der Waals surface area contributed by atoms with Gasteiger partial charge in [0.2, 0.25) is 0 Å². The monoisotopic (exact) mass is 496 g/mol. The van der Waals surface area contributed by atoms with Gasteiger partial charge in [-0.25, -0.2) is 8.42 Å². The number of aryl methyl sites for hydroxylation is 1. The van der Waals surface area contributed by atoms with Crippen LogP contribution in [0.4, 0.5) is 5.69 Å². The summed E-state index contributed by atoms with van der Waals surface area (Å²) < 4.78 is 44.9. The molecule has 0 radical (unpaired) electrons. The lowest BCUT2D eigenvalue weighted by Crippen LogP contribution is -2.51. The molecule has 3 aromatic rings. The number of carbonyl (C=O) groups is 1. The van der Waals surface area contributed by atoms with Crippen LogP contribution in [0.3, 0.4) is 0 Å². The highest BCUT2D eigenvalue weighted by atomic mass is 32.2. The number of nitrogens with one attached hydrogen (secondary N) is 1. The van der Waals surface area contributed by atoms with E-state index in [4.69, 9.17) is 14.2 Å². The molecule has 0 fully saturated rings. The van der Waals surface area contributed by atoms with Crippen molar-refractivity contribution in [2.45, 2.75) is 24.8 Å². The number of benzene rings is 3. The molecule has 3 aromatic carbocycles. The molecule has 1 heterocycles. The van der Waals surface area contributed by atoms with Gasteiger partial charge in [-0.05, 0) is 67.4 Å². The predicted octanol–water partition coefficient (Wildman–Crippen LogP) is 3.46. The SMILES string of the molecule is COc1ccc(S(=O)(=O)N2C[C@@H](C(=O)NCCOc3cccc(C)c3C)Oc3ccccc32)cc1. The smallest absolute Gasteiger partial charge is 0.264 e. The number of sulfonamides is 1. The summed E-state index contributed by atoms with van der Waals surface area (Å²) in [5, 5.41) is 2.79. The summed E-state index contributed by atoms with van der Waals surface area (Å²) >= 11 is 0. The summed E-state index contributed by atoms with van der Waals surface area (Å²) in [7, 11) is -2.43. The van der Waals surface area contributed by atoms with Crippen molar-refractivity contribution in [2.75, 3.05) is 31.1 Å². The fraction of sp³-hybridized carbons (Fsp3) is 0.269. The van der Waals surface area contributed by atoms with Gasteiger partial charge in [0.15, 0.2) is 6.10 Å². The summed E-state index contributed by atoms with van der Waals surface area (Å²) in [5.74, 6) is 1.21. The van der Waals surface area contributed by atoms with Gasteiger partial charge in [-0.3, -0.25) is 9.10 Å². The third-order valence-corrected chi connectivity index (χ3v) is 7.68. The van der Waals surface area contributed by atoms with Crippen LogP contribution >= 0.6 is 0 Å². The molecular formula is C26H28N2O6S. The van der Waals surface area contributed by atoms with Crippen LogP contribution < -0.4 is 23.8 Å². The van der Waals surface area contributed by atoms with Crippen molar-refractivity contribution in [3.63, 3.8) is 0 Å². The Balaban J connectivity index is 1.46. The van der Waals surface area contributed by atoms with Crippen molar-refractivity contribution in [1.82, 2.24) is 5.32 Å². The van der Waals surface area contributed by atoms with E-state index in [1.165, 1.54) is 23.5 Å². The summed E-state index contributed by atoms with van der Waals surface area (Å²) in [4.78, 5) is 13.0. The number of para-hydroxylation sites is 2. The maximum Gasteiger partial charge on any atom is 0.264 e. The van der Waals surface area contributed by atoms with Crippen LogP contribution in [0.2, 0.25) is 0 Å². The van der Waals surface area contributed by atoms with Crippen molar-refractivity contribution >= 4 is 21.6 Å². The topological polar surface area (TPSA) is 94.2 Å². The van der Waals surface area contributed by atoms with Crippen LogP contribution in [0, 0.1) is 13.8 Å². The van der Waals surface area contributed by atoms with E-state index >= 15 is 0 Å². The molecular weight excluding hydrogens is 468 g/mol. The normalized spacial score (nSPS) is 15.1. The molecule has 0 bridgehead atoms. The van der Waals surface area contributed by atoms with Gasteiger partial charge in [-0.1, -0.05) is 24.3 Å². The standard InChI is InChI=1S/C26H28N2O6S/c1-18-7-6-10-23(19(18)2)33-16-15-27-26(29)25-17-28(22-8-4-5-9-24(22)34-25)35(30,31)21-13-11-20(32-3)12-14-21/h4-14,25H,15-17H2,1-3H3,(H,27,29)/t25-/m0/s1. The summed E-state index contributed by atoms with van der Waals surface area (Å²) in [6, 6.07) is 18.7. The average molecular weight is 497 g/mol. The molecule has 0 saturated heterocycles. The molecule has 0 spiro atoms. The molecule has 1 amide bonds. The molecule has 1 N–H and O–H groups in total. The van der Waals surface area contributed by atoms with Gasteiger partial charge < -0.3 is 19.5 Å². The lowest BCUT2D eigenvalue weighted by atomic mass is 10.1. The van der Waals surface area contributed by atoms with E-state index in [9.17, 15) is 13.2 Å². The molecule has 0 aromatic heterocycles. The van der Waals surface area contributed by atoms with Crippen molar-refractivity contribution in [3.05, 3.63) is 77.9 Å². The first-order valence-electron chi connectivity index (χ1n) is 11.2. The zero-order valence-electron chi connectivity index (χ0n) is 19.9. The Morgan fingerprint density at radius 1 is 1.06 bits per heavy atom. The quantitative estimate of drug-likeness (QED) is 0.480. The highest BCUT2D eigenvalue weighted by Gasteiger charge is 2.37. The number of rotatable bonds is 8. The largest absolute Gasteiger partial charge is 0.497 e. The molecule has 1 atom stereocenters. The summed E-state index contributed by atoms with van der Waals surface area (Å²) in [6.07, 6.45) is -1.02. The van der Waals surface area contributed by atoms with E-state index in [1.807, 2.05) is 32.0 Å². The second-order valence-electron chi connectivity index (χ2n) is 8.12. The van der Waals surface area contributed by atoms with Crippen molar-refractivity contribution < 1.29 is 27.4 Å². The average Bonchev–Trinajstić information content (AvgIpc) is 2.88. The van der Waals surface area contributed by atoms with Crippen LogP contribution in [0.1, 0.15) is 11.1 Å². The Kier molecular flexibility index (Phi) is 7.16. The summed E-state index contributed by atoms with van der Waals surface area (Å²) in [5.41, 5.74) is 2.55. The second kappa shape index (κ2) is 10.3. The number of ether oxygens (including phenoxy) is 3. The number of methoxy groups -OCH3 is 1. The van der Waals surface area contributed by atoms with Crippen molar-refractivity contribution in [3.8, 4) is 17.2 Å². The molecule has 35 heavy (non-hydrogen) atoms. The molecule has 0 aliphatic carbocycles. The number of fused-ring (bicyclic) bond motifs is 1. The number of amides is 1. The fourth-order valence-electron chi connectivity index (χ4n) is 3.77. The highest BCUT2D eigenvalue weighted by molar-refractivity contribution is 7.92. The minimum absolute atomic E-state index is 0.0936. The van der Waals surface area contributed by atoms with Gasteiger partial charge in [0.1, 0.15) is 23.9 Å². The minimum atomic E-state index is -3.94. The zero-order valence-corrected chi connectivity index (χ0v) is 20.7. The zero-order chi connectivity index (χ0) is 25.0. The van der Waals surface area contributed by atoms with Crippen LogP contribution in [0.15, 0.2) is 71.6 Å². The van der Waals surface area contributed by atoms with Gasteiger partial charge >= 0.3 is 0 Å². The molecule has 4 rings (SSSR count). The van der Waals surface area contributed by atoms with Crippen LogP contribution in [-0.2, 0) is 14.8 Å². The van der Waals surface area contributed by atoms with E-state index in [2.05, 4.69) is 5.32 Å². The van der Waals surface area contributed by atoms with E-state index in [1.54, 1.807) is 36.4 Å². The second-order valence-corrected chi connectivity index (χ2v) is 9.99. The molecule has 1 aliphatic rings. The first kappa shape index (κ1) is 24.4. The third-order valence-electron chi connectivity index (χ3n) is 5.89. The van der Waals surface area contributed by atoms with Gasteiger partial charge in [-0.15, -0.1) is 0 Å². The molecule has 0 saturated carbocycles. The van der Waals surface area contributed by atoms with E-state index in [0.717, 1.165) is 16.9 Å². The van der Waals surface area contributed by atoms with Gasteiger partial charge in [0.25, 0.3) is 15.9 Å². The number of carbonyl (C=O) groups excluding carboxylic acids is 1. The number of hydrogen-bond acceptors (Lipinski definition) is 6. The Labute approximate surface area is 205 Å². The lowest BCUT2D eigenvalue weighted by molar-refractivity contribution is -0.127. The maximum absolute atomic E-state index is 13.5. The summed E-state index contributed by atoms with van der Waals surface area (Å²) in [6.45, 7) is 4.35. The van der Waals surface area contributed by atoms with Crippen LogP contribution in [-0.4, -0.2) is 47.2 Å². The molecule has 0 unspecified atom stereocenters. The minimum Gasteiger partial charge on any atom is -0.497 e. The lowest BCUT2D eigenvalue weighted by Gasteiger charge is -2.34. The third kappa shape index (κ3) is 5.19. The Bertz CT molecular complexity index is 1310. The highest BCUT2D eigenvalue weighted by Crippen LogP contribution is 2.37. The van der Waals surface area contributed by atoms with E-state index in [0.29, 0.717) is 17.2 Å². The van der Waals surface area contributed by atoms with Crippen molar-refractivity contribution in [2.24, 2.45) is 0 Å². The Hall–Kier alpha value is -3.72. The van der Waals surface area contributed by atoms with Crippen LogP contribution in [0.25, 0.3) is 0 Å². The van der Waals surface area contributed by atoms with Gasteiger partial charge in [0, 0.05) is 0 Å². The van der Waals surface area contributed by atoms with Gasteiger partial charge in [-0.2, -0.15) is 0 Å². The van der Waals surface area contributed by atoms with E-state index in [-0.39, 0.29) is 24.6 Å². The first-order valence-corrected chi connectivity index (χ1v) is 12.6. The molecule has 9 heteroatoms. The number of hydrogen-bond donors (Lipinski definition) is 1. The van der Waals surface area contributed by atoms with Crippen molar-refractivity contribution in [1.29, 1.82) is 0 Å². The molecule has 1 aliphatic heterocycles. The molecule has 184 valence electrons. The Morgan fingerprint density at radius 2 is 1.80 bits per heavy atom. The molecule has 8 nitrogen and oxygen atoms in total. The fourth-order valence-corrected chi connectivity index (χ4v) is 5.25. The maximum atomic E-state index is 13.5. The predicted molar refractivity (Wildman–Crippen MR) is 133 cm³/mol. The first-order chi connectivity index (χ1) is 16.8. The number of nitrogens with zero attached hydrogens (tertiary/aromatic N) is 1. The van der Waals surface area contributed by atoms with Gasteiger partial charge in [0.05, 0.1) is 30.8 Å². The Morgan fingerprint density at radius 3 is 2.54 bits per heavy atom. The van der Waals surface area contributed by atoms with Crippen LogP contribution in [0.5, 0.6) is 17.2 Å².